The Hall–Kier alpha value is -3.45. The molecule has 0 N–H and O–H groups in total. The van der Waals surface area contributed by atoms with Gasteiger partial charge >= 0.3 is 12.0 Å². The van der Waals surface area contributed by atoms with E-state index in [0.29, 0.717) is 22.0 Å². The molecule has 3 aromatic rings. The van der Waals surface area contributed by atoms with Crippen molar-refractivity contribution in [3.8, 4) is 23.0 Å². The largest absolute Gasteiger partial charge is 0.503 e. The number of esters is 1. The first-order valence-electron chi connectivity index (χ1n) is 8.16. The average molecular weight is 398 g/mol. The van der Waals surface area contributed by atoms with Gasteiger partial charge in [-0.05, 0) is 18.2 Å². The van der Waals surface area contributed by atoms with Gasteiger partial charge in [-0.1, -0.05) is 47.0 Å². The van der Waals surface area contributed by atoms with Crippen LogP contribution >= 0.6 is 11.6 Å². The van der Waals surface area contributed by atoms with Crippen molar-refractivity contribution < 1.29 is 19.0 Å². The first-order valence-corrected chi connectivity index (χ1v) is 8.54. The predicted molar refractivity (Wildman–Crippen MR) is 104 cm³/mol. The van der Waals surface area contributed by atoms with Crippen LogP contribution in [-0.2, 0) is 14.3 Å². The SMILES string of the molecule is COC=C(C(=O)OC)c1ccccc1Oc1nncc(-c2ccc(Cl)cc2)n1. The summed E-state index contributed by atoms with van der Waals surface area (Å²) in [7, 11) is 2.73. The Balaban J connectivity index is 1.95. The minimum atomic E-state index is -0.563. The summed E-state index contributed by atoms with van der Waals surface area (Å²) in [4.78, 5) is 16.5. The fourth-order valence-corrected chi connectivity index (χ4v) is 2.54. The molecule has 142 valence electrons. The quantitative estimate of drug-likeness (QED) is 0.351. The van der Waals surface area contributed by atoms with Crippen LogP contribution in [0.2, 0.25) is 5.02 Å². The van der Waals surface area contributed by atoms with Gasteiger partial charge in [0.1, 0.15) is 11.3 Å². The molecule has 0 atom stereocenters. The zero-order valence-electron chi connectivity index (χ0n) is 15.1. The van der Waals surface area contributed by atoms with Crippen molar-refractivity contribution in [1.82, 2.24) is 15.2 Å². The summed E-state index contributed by atoms with van der Waals surface area (Å²) in [6.07, 6.45) is 2.81. The average Bonchev–Trinajstić information content (AvgIpc) is 2.73. The number of hydrogen-bond donors (Lipinski definition) is 0. The van der Waals surface area contributed by atoms with Gasteiger partial charge in [0.05, 0.1) is 32.4 Å². The van der Waals surface area contributed by atoms with Crippen molar-refractivity contribution in [3.63, 3.8) is 0 Å². The van der Waals surface area contributed by atoms with E-state index in [0.717, 1.165) is 5.56 Å². The molecule has 7 nitrogen and oxygen atoms in total. The maximum atomic E-state index is 12.1. The predicted octanol–water partition coefficient (Wildman–Crippen LogP) is 4.14. The summed E-state index contributed by atoms with van der Waals surface area (Å²) in [5.41, 5.74) is 2.05. The van der Waals surface area contributed by atoms with Crippen molar-refractivity contribution in [2.75, 3.05) is 14.2 Å². The number of carbonyl (C=O) groups is 1. The van der Waals surface area contributed by atoms with Gasteiger partial charge in [-0.15, -0.1) is 0 Å². The Labute approximate surface area is 166 Å². The van der Waals surface area contributed by atoms with Crippen LogP contribution < -0.4 is 4.74 Å². The summed E-state index contributed by atoms with van der Waals surface area (Å²) in [5.74, 6) is -0.210. The maximum absolute atomic E-state index is 12.1. The summed E-state index contributed by atoms with van der Waals surface area (Å²) in [5, 5.41) is 8.47. The number of ether oxygens (including phenoxy) is 3. The van der Waals surface area contributed by atoms with E-state index in [1.54, 1.807) is 36.4 Å². The van der Waals surface area contributed by atoms with Gasteiger partial charge in [-0.25, -0.2) is 4.79 Å². The van der Waals surface area contributed by atoms with Crippen LogP contribution in [0.3, 0.4) is 0 Å². The number of carbonyl (C=O) groups excluding carboxylic acids is 1. The molecule has 0 saturated carbocycles. The smallest absolute Gasteiger partial charge is 0.341 e. The van der Waals surface area contributed by atoms with Crippen molar-refractivity contribution in [1.29, 1.82) is 0 Å². The number of methoxy groups -OCH3 is 2. The van der Waals surface area contributed by atoms with Crippen molar-refractivity contribution in [2.24, 2.45) is 0 Å². The number of benzene rings is 2. The topological polar surface area (TPSA) is 83.4 Å². The Kier molecular flexibility index (Phi) is 6.18. The van der Waals surface area contributed by atoms with E-state index in [1.165, 1.54) is 26.7 Å². The molecule has 0 fully saturated rings. The van der Waals surface area contributed by atoms with Crippen LogP contribution in [0, 0.1) is 0 Å². The monoisotopic (exact) mass is 397 g/mol. The van der Waals surface area contributed by atoms with Crippen molar-refractivity contribution >= 4 is 23.1 Å². The Morgan fingerprint density at radius 3 is 2.54 bits per heavy atom. The first kappa shape index (κ1) is 19.3. The van der Waals surface area contributed by atoms with E-state index in [4.69, 9.17) is 25.8 Å². The number of halogens is 1. The summed E-state index contributed by atoms with van der Waals surface area (Å²) in [6, 6.07) is 14.1. The standard InChI is InChI=1S/C20H16ClN3O4/c1-26-12-16(19(25)27-2)15-5-3-4-6-18(15)28-20-23-17(11-22-24-20)13-7-9-14(21)10-8-13/h3-12H,1-2H3. The molecule has 0 unspecified atom stereocenters. The van der Waals surface area contributed by atoms with E-state index in [1.807, 2.05) is 12.1 Å². The van der Waals surface area contributed by atoms with Crippen LogP contribution in [0.15, 0.2) is 61.0 Å². The number of nitrogens with zero attached hydrogens (tertiary/aromatic N) is 3. The lowest BCUT2D eigenvalue weighted by Gasteiger charge is -2.11. The van der Waals surface area contributed by atoms with Gasteiger partial charge in [0.2, 0.25) is 0 Å². The minimum Gasteiger partial charge on any atom is -0.503 e. The molecule has 0 radical (unpaired) electrons. The molecule has 28 heavy (non-hydrogen) atoms. The highest BCUT2D eigenvalue weighted by molar-refractivity contribution is 6.30. The highest BCUT2D eigenvalue weighted by Crippen LogP contribution is 2.30. The third-order valence-corrected chi connectivity index (χ3v) is 3.95. The van der Waals surface area contributed by atoms with E-state index in [2.05, 4.69) is 15.2 Å². The van der Waals surface area contributed by atoms with E-state index in [9.17, 15) is 4.79 Å². The van der Waals surface area contributed by atoms with Gasteiger partial charge in [0, 0.05) is 16.1 Å². The van der Waals surface area contributed by atoms with Crippen LogP contribution in [0.4, 0.5) is 0 Å². The molecule has 8 heteroatoms. The van der Waals surface area contributed by atoms with Crippen LogP contribution in [0.1, 0.15) is 5.56 Å². The fourth-order valence-electron chi connectivity index (χ4n) is 2.42. The van der Waals surface area contributed by atoms with Gasteiger partial charge in [-0.3, -0.25) is 0 Å². The van der Waals surface area contributed by atoms with Gasteiger partial charge in [0.25, 0.3) is 0 Å². The second-order valence-electron chi connectivity index (χ2n) is 5.49. The highest BCUT2D eigenvalue weighted by Gasteiger charge is 2.19. The second-order valence-corrected chi connectivity index (χ2v) is 5.92. The number of para-hydroxylation sites is 1. The summed E-state index contributed by atoms with van der Waals surface area (Å²) >= 11 is 5.92. The molecule has 3 rings (SSSR count). The Bertz CT molecular complexity index is 1010. The maximum Gasteiger partial charge on any atom is 0.341 e. The highest BCUT2D eigenvalue weighted by atomic mass is 35.5. The molecule has 0 bridgehead atoms. The third kappa shape index (κ3) is 4.44. The second kappa shape index (κ2) is 8.96. The molecular formula is C20H16ClN3O4. The number of hydrogen-bond acceptors (Lipinski definition) is 7. The molecule has 1 heterocycles. The Morgan fingerprint density at radius 1 is 1.07 bits per heavy atom. The zero-order chi connectivity index (χ0) is 19.9. The molecule has 0 amide bonds. The zero-order valence-corrected chi connectivity index (χ0v) is 15.9. The van der Waals surface area contributed by atoms with Crippen LogP contribution in [0.5, 0.6) is 11.8 Å². The number of rotatable bonds is 6. The molecule has 0 aliphatic carbocycles. The molecular weight excluding hydrogens is 382 g/mol. The lowest BCUT2D eigenvalue weighted by molar-refractivity contribution is -0.133. The molecule has 2 aromatic carbocycles. The normalized spacial score (nSPS) is 11.0. The third-order valence-electron chi connectivity index (χ3n) is 3.70. The van der Waals surface area contributed by atoms with E-state index >= 15 is 0 Å². The lowest BCUT2D eigenvalue weighted by atomic mass is 10.1. The molecule has 1 aromatic heterocycles. The van der Waals surface area contributed by atoms with Crippen LogP contribution in [-0.4, -0.2) is 35.4 Å². The van der Waals surface area contributed by atoms with Gasteiger partial charge < -0.3 is 14.2 Å². The van der Waals surface area contributed by atoms with Crippen molar-refractivity contribution in [3.05, 3.63) is 71.6 Å². The lowest BCUT2D eigenvalue weighted by Crippen LogP contribution is -2.06. The first-order chi connectivity index (χ1) is 13.6. The van der Waals surface area contributed by atoms with Gasteiger partial charge in [0.15, 0.2) is 0 Å². The summed E-state index contributed by atoms with van der Waals surface area (Å²) < 4.78 is 15.6. The molecule has 0 aliphatic rings. The van der Waals surface area contributed by atoms with Crippen molar-refractivity contribution in [2.45, 2.75) is 0 Å². The minimum absolute atomic E-state index is 0.0292. The Morgan fingerprint density at radius 2 is 1.82 bits per heavy atom. The van der Waals surface area contributed by atoms with E-state index in [-0.39, 0.29) is 11.6 Å². The summed E-state index contributed by atoms with van der Waals surface area (Å²) in [6.45, 7) is 0. The molecule has 0 aliphatic heterocycles. The van der Waals surface area contributed by atoms with Gasteiger partial charge in [-0.2, -0.15) is 10.1 Å². The molecule has 0 spiro atoms. The molecule has 0 saturated heterocycles. The number of aromatic nitrogens is 3. The van der Waals surface area contributed by atoms with E-state index < -0.39 is 5.97 Å². The van der Waals surface area contributed by atoms with Crippen LogP contribution in [0.25, 0.3) is 16.8 Å². The fraction of sp³-hybridized carbons (Fsp3) is 0.100.